The van der Waals surface area contributed by atoms with E-state index in [0.717, 1.165) is 17.3 Å². The van der Waals surface area contributed by atoms with Crippen molar-refractivity contribution in [2.45, 2.75) is 32.7 Å². The first-order valence-electron chi connectivity index (χ1n) is 6.23. The summed E-state index contributed by atoms with van der Waals surface area (Å²) in [4.78, 5) is 4.47. The van der Waals surface area contributed by atoms with Gasteiger partial charge in [0.2, 0.25) is 5.95 Å². The van der Waals surface area contributed by atoms with Gasteiger partial charge in [0, 0.05) is 17.8 Å². The molecule has 1 aromatic carbocycles. The number of imidazole rings is 1. The van der Waals surface area contributed by atoms with Gasteiger partial charge in [0.1, 0.15) is 5.82 Å². The van der Waals surface area contributed by atoms with E-state index in [0.29, 0.717) is 11.6 Å². The van der Waals surface area contributed by atoms with E-state index < -0.39 is 0 Å². The van der Waals surface area contributed by atoms with E-state index in [4.69, 9.17) is 0 Å². The maximum absolute atomic E-state index is 13.6. The van der Waals surface area contributed by atoms with Crippen LogP contribution in [0.15, 0.2) is 24.4 Å². The minimum Gasteiger partial charge on any atom is -0.353 e. The van der Waals surface area contributed by atoms with Crippen molar-refractivity contribution >= 4 is 5.95 Å². The molecule has 0 spiro atoms. The second kappa shape index (κ2) is 4.12. The maximum Gasteiger partial charge on any atom is 0.207 e. The Morgan fingerprint density at radius 3 is 2.83 bits per heavy atom. The van der Waals surface area contributed by atoms with Crippen LogP contribution in [0.5, 0.6) is 0 Å². The Morgan fingerprint density at radius 1 is 1.33 bits per heavy atom. The summed E-state index contributed by atoms with van der Waals surface area (Å²) in [7, 11) is 0. The fourth-order valence-corrected chi connectivity index (χ4v) is 2.05. The van der Waals surface area contributed by atoms with Crippen LogP contribution in [0.2, 0.25) is 0 Å². The Hall–Kier alpha value is -1.84. The van der Waals surface area contributed by atoms with Crippen LogP contribution in [-0.4, -0.2) is 15.6 Å². The first-order valence-corrected chi connectivity index (χ1v) is 6.23. The minimum absolute atomic E-state index is 0.184. The molecule has 3 nitrogen and oxygen atoms in total. The van der Waals surface area contributed by atoms with Gasteiger partial charge in [-0.3, -0.25) is 4.57 Å². The highest BCUT2D eigenvalue weighted by Crippen LogP contribution is 2.27. The van der Waals surface area contributed by atoms with Crippen molar-refractivity contribution < 1.29 is 4.39 Å². The highest BCUT2D eigenvalue weighted by atomic mass is 19.1. The molecule has 18 heavy (non-hydrogen) atoms. The molecule has 1 aromatic heterocycles. The quantitative estimate of drug-likeness (QED) is 0.900. The molecule has 3 rings (SSSR count). The zero-order valence-electron chi connectivity index (χ0n) is 10.6. The van der Waals surface area contributed by atoms with Crippen LogP contribution in [-0.2, 0) is 0 Å². The number of nitrogens with one attached hydrogen (secondary N) is 1. The standard InChI is InChI=1S/C14H16FN3/c1-9-8-18(14(16-9)17-11-6-7-11)13-5-3-4-12(15)10(13)2/h3-5,8,11H,6-7H2,1-2H3,(H,16,17). The van der Waals surface area contributed by atoms with Gasteiger partial charge in [0.05, 0.1) is 11.4 Å². The lowest BCUT2D eigenvalue weighted by Crippen LogP contribution is -2.08. The highest BCUT2D eigenvalue weighted by molar-refractivity contribution is 5.48. The van der Waals surface area contributed by atoms with Crippen molar-refractivity contribution in [2.24, 2.45) is 0 Å². The summed E-state index contributed by atoms with van der Waals surface area (Å²) < 4.78 is 15.6. The second-order valence-electron chi connectivity index (χ2n) is 4.88. The molecule has 0 bridgehead atoms. The van der Waals surface area contributed by atoms with Crippen LogP contribution in [0.25, 0.3) is 5.69 Å². The van der Waals surface area contributed by atoms with E-state index in [-0.39, 0.29) is 5.82 Å². The molecule has 0 atom stereocenters. The van der Waals surface area contributed by atoms with E-state index in [1.165, 1.54) is 18.9 Å². The number of aryl methyl sites for hydroxylation is 1. The van der Waals surface area contributed by atoms with Gasteiger partial charge >= 0.3 is 0 Å². The third-order valence-corrected chi connectivity index (χ3v) is 3.24. The molecule has 1 aliphatic rings. The summed E-state index contributed by atoms with van der Waals surface area (Å²) in [6, 6.07) is 5.65. The fraction of sp³-hybridized carbons (Fsp3) is 0.357. The van der Waals surface area contributed by atoms with Gasteiger partial charge in [-0.05, 0) is 38.8 Å². The van der Waals surface area contributed by atoms with Gasteiger partial charge < -0.3 is 5.32 Å². The van der Waals surface area contributed by atoms with Crippen molar-refractivity contribution in [3.05, 3.63) is 41.5 Å². The number of aromatic nitrogens is 2. The fourth-order valence-electron chi connectivity index (χ4n) is 2.05. The number of hydrogen-bond donors (Lipinski definition) is 1. The van der Waals surface area contributed by atoms with E-state index >= 15 is 0 Å². The van der Waals surface area contributed by atoms with Crippen LogP contribution >= 0.6 is 0 Å². The predicted molar refractivity (Wildman–Crippen MR) is 69.6 cm³/mol. The van der Waals surface area contributed by atoms with Gasteiger partial charge in [-0.1, -0.05) is 6.07 Å². The number of nitrogens with zero attached hydrogens (tertiary/aromatic N) is 2. The van der Waals surface area contributed by atoms with Gasteiger partial charge in [-0.2, -0.15) is 0 Å². The summed E-state index contributed by atoms with van der Waals surface area (Å²) in [5, 5.41) is 3.38. The first kappa shape index (κ1) is 11.3. The van der Waals surface area contributed by atoms with Gasteiger partial charge in [-0.15, -0.1) is 0 Å². The van der Waals surface area contributed by atoms with E-state index in [1.54, 1.807) is 13.0 Å². The third-order valence-electron chi connectivity index (χ3n) is 3.24. The molecular weight excluding hydrogens is 229 g/mol. The SMILES string of the molecule is Cc1cn(-c2cccc(F)c2C)c(NC2CC2)n1. The smallest absolute Gasteiger partial charge is 0.207 e. The number of benzene rings is 1. The number of hydrogen-bond acceptors (Lipinski definition) is 2. The lowest BCUT2D eigenvalue weighted by Gasteiger charge is -2.11. The molecule has 0 unspecified atom stereocenters. The molecule has 2 aromatic rings. The van der Waals surface area contributed by atoms with Crippen molar-refractivity contribution in [3.63, 3.8) is 0 Å². The summed E-state index contributed by atoms with van der Waals surface area (Å²) in [5.41, 5.74) is 2.43. The molecule has 1 aliphatic carbocycles. The van der Waals surface area contributed by atoms with Crippen LogP contribution in [0, 0.1) is 19.7 Å². The molecule has 1 fully saturated rings. The molecule has 1 N–H and O–H groups in total. The Morgan fingerprint density at radius 2 is 2.11 bits per heavy atom. The summed E-state index contributed by atoms with van der Waals surface area (Å²) in [6.07, 6.45) is 4.31. The third kappa shape index (κ3) is 1.98. The van der Waals surface area contributed by atoms with Gasteiger partial charge in [0.15, 0.2) is 0 Å². The van der Waals surface area contributed by atoms with E-state index in [2.05, 4.69) is 10.3 Å². The molecule has 0 radical (unpaired) electrons. The zero-order chi connectivity index (χ0) is 12.7. The summed E-state index contributed by atoms with van der Waals surface area (Å²) in [6.45, 7) is 3.74. The number of anilines is 1. The Bertz CT molecular complexity index is 585. The lowest BCUT2D eigenvalue weighted by atomic mass is 10.2. The highest BCUT2D eigenvalue weighted by Gasteiger charge is 2.23. The largest absolute Gasteiger partial charge is 0.353 e. The topological polar surface area (TPSA) is 29.9 Å². The molecule has 1 heterocycles. The van der Waals surface area contributed by atoms with Crippen LogP contribution in [0.1, 0.15) is 24.1 Å². The molecule has 0 amide bonds. The molecule has 4 heteroatoms. The van der Waals surface area contributed by atoms with Crippen LogP contribution in [0.3, 0.4) is 0 Å². The molecule has 1 saturated carbocycles. The average Bonchev–Trinajstić information content (AvgIpc) is 3.06. The summed E-state index contributed by atoms with van der Waals surface area (Å²) >= 11 is 0. The van der Waals surface area contributed by atoms with Crippen molar-refractivity contribution in [2.75, 3.05) is 5.32 Å². The van der Waals surface area contributed by atoms with Gasteiger partial charge in [-0.25, -0.2) is 9.37 Å². The number of rotatable bonds is 3. The van der Waals surface area contributed by atoms with E-state index in [1.807, 2.05) is 23.8 Å². The van der Waals surface area contributed by atoms with Gasteiger partial charge in [0.25, 0.3) is 0 Å². The Kier molecular flexibility index (Phi) is 2.58. The molecule has 0 saturated heterocycles. The maximum atomic E-state index is 13.6. The summed E-state index contributed by atoms with van der Waals surface area (Å²) in [5.74, 6) is 0.625. The monoisotopic (exact) mass is 245 g/mol. The lowest BCUT2D eigenvalue weighted by molar-refractivity contribution is 0.617. The predicted octanol–water partition coefficient (Wildman–Crippen LogP) is 3.20. The van der Waals surface area contributed by atoms with Crippen LogP contribution in [0.4, 0.5) is 10.3 Å². The second-order valence-corrected chi connectivity index (χ2v) is 4.88. The zero-order valence-corrected chi connectivity index (χ0v) is 10.6. The molecule has 94 valence electrons. The Labute approximate surface area is 106 Å². The molecule has 0 aliphatic heterocycles. The van der Waals surface area contributed by atoms with Crippen molar-refractivity contribution in [1.82, 2.24) is 9.55 Å². The average molecular weight is 245 g/mol. The van der Waals surface area contributed by atoms with Crippen molar-refractivity contribution in [1.29, 1.82) is 0 Å². The normalized spacial score (nSPS) is 14.8. The van der Waals surface area contributed by atoms with E-state index in [9.17, 15) is 4.39 Å². The number of halogens is 1. The minimum atomic E-state index is -0.184. The molecular formula is C14H16FN3. The van der Waals surface area contributed by atoms with Crippen LogP contribution < -0.4 is 5.32 Å². The Balaban J connectivity index is 2.06. The first-order chi connectivity index (χ1) is 8.65. The van der Waals surface area contributed by atoms with Crippen molar-refractivity contribution in [3.8, 4) is 5.69 Å².